The summed E-state index contributed by atoms with van der Waals surface area (Å²) in [6.07, 6.45) is 16.7. The Morgan fingerprint density at radius 2 is 1.05 bits per heavy atom. The zero-order chi connectivity index (χ0) is 30.8. The first kappa shape index (κ1) is 39.3. The Labute approximate surface area is 249 Å². The summed E-state index contributed by atoms with van der Waals surface area (Å²) in [5.41, 5.74) is 7.20. The molecule has 0 radical (unpaired) electrons. The Morgan fingerprint density at radius 1 is 0.619 bits per heavy atom. The van der Waals surface area contributed by atoms with Crippen LogP contribution in [-0.4, -0.2) is 130 Å². The maximum Gasteiger partial charge on any atom is 0.135 e. The van der Waals surface area contributed by atoms with Crippen LogP contribution in [-0.2, 0) is 47.4 Å². The van der Waals surface area contributed by atoms with Gasteiger partial charge in [-0.2, -0.15) is 0 Å². The number of Topliss-reactive ketones (excluding diaryl/α,β-unsaturated/α-hetero) is 1. The second-order valence-electron chi connectivity index (χ2n) is 8.49. The van der Waals surface area contributed by atoms with E-state index in [4.69, 9.17) is 67.4 Å². The van der Waals surface area contributed by atoms with Gasteiger partial charge in [-0.15, -0.1) is 19.3 Å². The van der Waals surface area contributed by atoms with Gasteiger partial charge in [0.15, 0.2) is 0 Å². The standard InChI is InChI=1S/C29H45N3O10/c1-4-11-40-26-29(42-13-6-3,27-41-12-5-2)9-7-28(33)8-14-34-16-18-36-20-22-38-24-25-39-23-21-37-19-17-35-15-10-31-32-30/h1-3H,7-27H2. The van der Waals surface area contributed by atoms with Crippen LogP contribution in [0.25, 0.3) is 10.4 Å². The van der Waals surface area contributed by atoms with Crippen LogP contribution in [0.4, 0.5) is 0 Å². The number of hydrogen-bond donors (Lipinski definition) is 0. The molecule has 0 unspecified atom stereocenters. The smallest absolute Gasteiger partial charge is 0.135 e. The lowest BCUT2D eigenvalue weighted by atomic mass is 9.96. The normalized spacial score (nSPS) is 10.9. The molecule has 13 nitrogen and oxygen atoms in total. The van der Waals surface area contributed by atoms with Gasteiger partial charge in [0.2, 0.25) is 0 Å². The van der Waals surface area contributed by atoms with Crippen molar-refractivity contribution in [3.63, 3.8) is 0 Å². The molecule has 0 fully saturated rings. The van der Waals surface area contributed by atoms with Gasteiger partial charge < -0.3 is 42.6 Å². The molecule has 0 saturated carbocycles. The van der Waals surface area contributed by atoms with Gasteiger partial charge in [0, 0.05) is 24.3 Å². The topological polar surface area (TPSA) is 149 Å². The summed E-state index contributed by atoms with van der Waals surface area (Å²) in [4.78, 5) is 15.1. The predicted octanol–water partition coefficient (Wildman–Crippen LogP) is 1.82. The van der Waals surface area contributed by atoms with Crippen LogP contribution in [0.15, 0.2) is 5.11 Å². The first-order valence-electron chi connectivity index (χ1n) is 13.7. The fourth-order valence-corrected chi connectivity index (χ4v) is 3.16. The van der Waals surface area contributed by atoms with Gasteiger partial charge in [-0.05, 0) is 12.0 Å². The van der Waals surface area contributed by atoms with Crippen LogP contribution in [0.5, 0.6) is 0 Å². The van der Waals surface area contributed by atoms with Crippen molar-refractivity contribution in [2.75, 3.05) is 119 Å². The third-order valence-corrected chi connectivity index (χ3v) is 5.21. The van der Waals surface area contributed by atoms with E-state index in [9.17, 15) is 4.79 Å². The van der Waals surface area contributed by atoms with Gasteiger partial charge >= 0.3 is 0 Å². The number of terminal acetylenes is 3. The maximum atomic E-state index is 12.4. The molecule has 236 valence electrons. The van der Waals surface area contributed by atoms with Crippen molar-refractivity contribution >= 4 is 5.78 Å². The number of hydrogen-bond acceptors (Lipinski definition) is 11. The number of ketones is 1. The third-order valence-electron chi connectivity index (χ3n) is 5.21. The van der Waals surface area contributed by atoms with E-state index in [0.29, 0.717) is 85.6 Å². The van der Waals surface area contributed by atoms with Crippen LogP contribution in [0.1, 0.15) is 19.3 Å². The Bertz CT molecular complexity index is 811. The maximum absolute atomic E-state index is 12.4. The molecule has 0 atom stereocenters. The van der Waals surface area contributed by atoms with E-state index in [1.54, 1.807) is 0 Å². The van der Waals surface area contributed by atoms with Crippen LogP contribution in [0, 0.1) is 37.0 Å². The van der Waals surface area contributed by atoms with E-state index in [2.05, 4.69) is 27.8 Å². The number of ether oxygens (including phenoxy) is 9. The predicted molar refractivity (Wildman–Crippen MR) is 155 cm³/mol. The Kier molecular flexibility index (Phi) is 29.2. The lowest BCUT2D eigenvalue weighted by Crippen LogP contribution is -2.43. The minimum atomic E-state index is -0.931. The van der Waals surface area contributed by atoms with Crippen LogP contribution < -0.4 is 0 Å². The lowest BCUT2D eigenvalue weighted by molar-refractivity contribution is -0.134. The van der Waals surface area contributed by atoms with E-state index >= 15 is 0 Å². The summed E-state index contributed by atoms with van der Waals surface area (Å²) in [5.74, 6) is 7.22. The highest BCUT2D eigenvalue weighted by atomic mass is 16.6. The lowest BCUT2D eigenvalue weighted by Gasteiger charge is -2.32. The van der Waals surface area contributed by atoms with Crippen molar-refractivity contribution in [1.82, 2.24) is 0 Å². The Hall–Kier alpha value is -2.70. The van der Waals surface area contributed by atoms with Crippen molar-refractivity contribution < 1.29 is 47.4 Å². The summed E-state index contributed by atoms with van der Waals surface area (Å²) in [5, 5.41) is 3.36. The minimum Gasteiger partial charge on any atom is -0.379 e. The van der Waals surface area contributed by atoms with E-state index in [1.165, 1.54) is 0 Å². The second-order valence-corrected chi connectivity index (χ2v) is 8.49. The van der Waals surface area contributed by atoms with Crippen molar-refractivity contribution in [2.24, 2.45) is 5.11 Å². The molecule has 0 aromatic carbocycles. The average molecular weight is 596 g/mol. The molecule has 0 aromatic rings. The van der Waals surface area contributed by atoms with Crippen molar-refractivity contribution in [2.45, 2.75) is 24.9 Å². The van der Waals surface area contributed by atoms with E-state index in [-0.39, 0.29) is 58.3 Å². The van der Waals surface area contributed by atoms with Gasteiger partial charge in [0.25, 0.3) is 0 Å². The van der Waals surface area contributed by atoms with Crippen molar-refractivity contribution in [3.8, 4) is 37.0 Å². The van der Waals surface area contributed by atoms with E-state index in [1.807, 2.05) is 0 Å². The molecule has 0 spiro atoms. The zero-order valence-electron chi connectivity index (χ0n) is 24.5. The Balaban J connectivity index is 3.76. The molecule has 0 aliphatic rings. The van der Waals surface area contributed by atoms with Gasteiger partial charge in [-0.1, -0.05) is 22.9 Å². The number of nitrogens with zero attached hydrogens (tertiary/aromatic N) is 3. The van der Waals surface area contributed by atoms with Gasteiger partial charge in [0.1, 0.15) is 31.2 Å². The largest absolute Gasteiger partial charge is 0.379 e. The molecule has 0 heterocycles. The summed E-state index contributed by atoms with van der Waals surface area (Å²) >= 11 is 0. The summed E-state index contributed by atoms with van der Waals surface area (Å²) < 4.78 is 49.1. The summed E-state index contributed by atoms with van der Waals surface area (Å²) in [6, 6.07) is 0. The summed E-state index contributed by atoms with van der Waals surface area (Å²) in [6.45, 7) is 5.77. The van der Waals surface area contributed by atoms with Crippen molar-refractivity contribution in [3.05, 3.63) is 10.4 Å². The van der Waals surface area contributed by atoms with E-state index in [0.717, 1.165) is 0 Å². The quantitative estimate of drug-likeness (QED) is 0.0371. The van der Waals surface area contributed by atoms with Crippen LogP contribution >= 0.6 is 0 Å². The van der Waals surface area contributed by atoms with Gasteiger partial charge in [-0.25, -0.2) is 0 Å². The molecule has 0 bridgehead atoms. The number of carbonyl (C=O) groups is 1. The SMILES string of the molecule is C#CCOCC(CCC(=O)CCOCCOCCOCCOCCOCCOCCN=[N+]=[N-])(COCC#C)OCC#C. The highest BCUT2D eigenvalue weighted by Gasteiger charge is 2.32. The third kappa shape index (κ3) is 26.2. The average Bonchev–Trinajstić information content (AvgIpc) is 3.00. The molecular weight excluding hydrogens is 550 g/mol. The van der Waals surface area contributed by atoms with E-state index < -0.39 is 5.60 Å². The fourth-order valence-electron chi connectivity index (χ4n) is 3.16. The van der Waals surface area contributed by atoms with Gasteiger partial charge in [-0.3, -0.25) is 4.79 Å². The molecule has 0 rings (SSSR count). The van der Waals surface area contributed by atoms with Gasteiger partial charge in [0.05, 0.1) is 92.5 Å². The molecule has 42 heavy (non-hydrogen) atoms. The van der Waals surface area contributed by atoms with Crippen LogP contribution in [0.3, 0.4) is 0 Å². The highest BCUT2D eigenvalue weighted by molar-refractivity contribution is 5.78. The second kappa shape index (κ2) is 31.2. The first-order valence-corrected chi connectivity index (χ1v) is 13.7. The molecule has 13 heteroatoms. The minimum absolute atomic E-state index is 0.00796. The molecule has 0 N–H and O–H groups in total. The number of rotatable bonds is 32. The monoisotopic (exact) mass is 595 g/mol. The molecule has 0 aliphatic carbocycles. The number of azide groups is 1. The highest BCUT2D eigenvalue weighted by Crippen LogP contribution is 2.21. The molecule has 0 saturated heterocycles. The zero-order valence-corrected chi connectivity index (χ0v) is 24.5. The molecular formula is C29H45N3O10. The molecule has 0 aliphatic heterocycles. The van der Waals surface area contributed by atoms with Crippen molar-refractivity contribution in [1.29, 1.82) is 0 Å². The summed E-state index contributed by atoms with van der Waals surface area (Å²) in [7, 11) is 0. The Morgan fingerprint density at radius 3 is 1.48 bits per heavy atom. The molecule has 0 amide bonds. The van der Waals surface area contributed by atoms with Crippen LogP contribution in [0.2, 0.25) is 0 Å². The fraction of sp³-hybridized carbons (Fsp3) is 0.759. The molecule has 0 aromatic heterocycles. The first-order chi connectivity index (χ1) is 20.6. The number of carbonyl (C=O) groups excluding carboxylic acids is 1.